The van der Waals surface area contributed by atoms with Gasteiger partial charge in [-0.05, 0) is 48.0 Å². The first-order valence-electron chi connectivity index (χ1n) is 10.8. The second-order valence-corrected chi connectivity index (χ2v) is 7.95. The van der Waals surface area contributed by atoms with Gasteiger partial charge in [0.1, 0.15) is 5.75 Å². The first kappa shape index (κ1) is 25.9. The van der Waals surface area contributed by atoms with E-state index in [1.165, 1.54) is 7.11 Å². The Hall–Kier alpha value is -5.14. The summed E-state index contributed by atoms with van der Waals surface area (Å²) in [6.45, 7) is -1.21. The molecule has 0 fully saturated rings. The lowest BCUT2D eigenvalue weighted by atomic mass is 10.2. The number of pyridine rings is 1. The number of hydrogen-bond donors (Lipinski definition) is 3. The summed E-state index contributed by atoms with van der Waals surface area (Å²) in [6, 6.07) is 8.61. The van der Waals surface area contributed by atoms with Crippen molar-refractivity contribution in [1.82, 2.24) is 19.1 Å². The first-order chi connectivity index (χ1) is 18.1. The van der Waals surface area contributed by atoms with Crippen molar-refractivity contribution in [3.63, 3.8) is 0 Å². The number of aromatic nitrogens is 4. The summed E-state index contributed by atoms with van der Waals surface area (Å²) in [6.07, 6.45) is 0.951. The van der Waals surface area contributed by atoms with Crippen LogP contribution < -0.4 is 27.0 Å². The Bertz CT molecular complexity index is 1690. The third kappa shape index (κ3) is 5.33. The van der Waals surface area contributed by atoms with E-state index in [0.717, 1.165) is 16.8 Å². The van der Waals surface area contributed by atoms with E-state index in [9.17, 15) is 37.5 Å². The van der Waals surface area contributed by atoms with Crippen molar-refractivity contribution in [3.8, 4) is 5.75 Å². The van der Waals surface area contributed by atoms with Crippen LogP contribution in [0.5, 0.6) is 5.75 Å². The highest BCUT2D eigenvalue weighted by atomic mass is 19.2. The van der Waals surface area contributed by atoms with Crippen molar-refractivity contribution in [1.29, 1.82) is 0 Å². The minimum Gasteiger partial charge on any atom is -0.497 e. The van der Waals surface area contributed by atoms with Gasteiger partial charge in [0, 0.05) is 17.4 Å². The molecular formula is C24H18F3N5O6. The van der Waals surface area contributed by atoms with Crippen molar-refractivity contribution >= 4 is 17.6 Å². The molecule has 0 spiro atoms. The van der Waals surface area contributed by atoms with E-state index in [2.05, 4.69) is 15.3 Å². The molecule has 0 aliphatic carbocycles. The van der Waals surface area contributed by atoms with Crippen LogP contribution in [0, 0.1) is 17.5 Å². The SMILES string of the molecule is COc1ccc(Nc2nc(=O)n(Cc3cc(C(=O)O)c[nH]c3=O)c(=O)n2Cc2cc(F)c(F)c(F)c2)cc1. The fourth-order valence-corrected chi connectivity index (χ4v) is 3.53. The number of benzene rings is 2. The number of carboxylic acid groups (broad SMARTS) is 1. The molecule has 0 saturated heterocycles. The summed E-state index contributed by atoms with van der Waals surface area (Å²) in [5, 5.41) is 12.0. The van der Waals surface area contributed by atoms with Gasteiger partial charge in [0.15, 0.2) is 17.5 Å². The molecule has 2 heterocycles. The van der Waals surface area contributed by atoms with Crippen molar-refractivity contribution in [2.24, 2.45) is 0 Å². The number of nitrogens with one attached hydrogen (secondary N) is 2. The monoisotopic (exact) mass is 529 g/mol. The van der Waals surface area contributed by atoms with Crippen LogP contribution in [-0.4, -0.2) is 37.3 Å². The maximum atomic E-state index is 13.9. The number of carbonyl (C=O) groups is 1. The van der Waals surface area contributed by atoms with Crippen LogP contribution in [0.25, 0.3) is 0 Å². The zero-order valence-electron chi connectivity index (χ0n) is 19.5. The van der Waals surface area contributed by atoms with E-state index in [1.54, 1.807) is 24.3 Å². The van der Waals surface area contributed by atoms with Crippen molar-refractivity contribution < 1.29 is 27.8 Å². The Morgan fingerprint density at radius 2 is 1.68 bits per heavy atom. The number of aromatic carboxylic acids is 1. The van der Waals surface area contributed by atoms with Crippen LogP contribution >= 0.6 is 0 Å². The number of anilines is 2. The highest BCUT2D eigenvalue weighted by Crippen LogP contribution is 2.19. The summed E-state index contributed by atoms with van der Waals surface area (Å²) < 4.78 is 47.7. The molecular weight excluding hydrogens is 511 g/mol. The van der Waals surface area contributed by atoms with Gasteiger partial charge in [0.25, 0.3) is 5.56 Å². The number of hydrogen-bond acceptors (Lipinski definition) is 7. The van der Waals surface area contributed by atoms with Gasteiger partial charge in [-0.2, -0.15) is 4.98 Å². The molecule has 0 aliphatic rings. The number of methoxy groups -OCH3 is 1. The van der Waals surface area contributed by atoms with Gasteiger partial charge in [-0.25, -0.2) is 32.1 Å². The summed E-state index contributed by atoms with van der Waals surface area (Å²) in [5.41, 5.74) is -3.23. The van der Waals surface area contributed by atoms with Gasteiger partial charge in [-0.1, -0.05) is 0 Å². The zero-order chi connectivity index (χ0) is 27.6. The average molecular weight is 529 g/mol. The normalized spacial score (nSPS) is 10.8. The summed E-state index contributed by atoms with van der Waals surface area (Å²) >= 11 is 0. The third-order valence-corrected chi connectivity index (χ3v) is 5.44. The summed E-state index contributed by atoms with van der Waals surface area (Å²) in [5.74, 6) is -5.84. The Morgan fingerprint density at radius 3 is 2.29 bits per heavy atom. The first-order valence-corrected chi connectivity index (χ1v) is 10.8. The molecule has 0 atom stereocenters. The Labute approximate surface area is 210 Å². The number of H-pyrrole nitrogens is 1. The van der Waals surface area contributed by atoms with Crippen molar-refractivity contribution in [2.75, 3.05) is 12.4 Å². The molecule has 11 nitrogen and oxygen atoms in total. The van der Waals surface area contributed by atoms with Gasteiger partial charge >= 0.3 is 17.3 Å². The summed E-state index contributed by atoms with van der Waals surface area (Å²) in [7, 11) is 1.46. The number of nitrogens with zero attached hydrogens (tertiary/aromatic N) is 3. The molecule has 4 aromatic rings. The predicted molar refractivity (Wildman–Crippen MR) is 128 cm³/mol. The molecule has 0 amide bonds. The number of rotatable bonds is 8. The Balaban J connectivity index is 1.84. The fraction of sp³-hybridized carbons (Fsp3) is 0.125. The quantitative estimate of drug-likeness (QED) is 0.294. The van der Waals surface area contributed by atoms with E-state index < -0.39 is 53.4 Å². The van der Waals surface area contributed by atoms with E-state index in [-0.39, 0.29) is 22.6 Å². The largest absolute Gasteiger partial charge is 0.497 e. The molecule has 0 radical (unpaired) electrons. The molecule has 2 aromatic carbocycles. The van der Waals surface area contributed by atoms with Crippen molar-refractivity contribution in [2.45, 2.75) is 13.1 Å². The highest BCUT2D eigenvalue weighted by molar-refractivity contribution is 5.87. The van der Waals surface area contributed by atoms with Gasteiger partial charge in [0.05, 0.1) is 25.8 Å². The molecule has 38 heavy (non-hydrogen) atoms. The molecule has 0 saturated carbocycles. The van der Waals surface area contributed by atoms with Gasteiger partial charge < -0.3 is 20.1 Å². The molecule has 14 heteroatoms. The van der Waals surface area contributed by atoms with Crippen molar-refractivity contribution in [3.05, 3.63) is 114 Å². The van der Waals surface area contributed by atoms with Gasteiger partial charge in [0.2, 0.25) is 5.95 Å². The lowest BCUT2D eigenvalue weighted by molar-refractivity contribution is 0.0696. The van der Waals surface area contributed by atoms with E-state index in [4.69, 9.17) is 4.74 Å². The molecule has 3 N–H and O–H groups in total. The highest BCUT2D eigenvalue weighted by Gasteiger charge is 2.18. The molecule has 0 aliphatic heterocycles. The maximum Gasteiger partial charge on any atom is 0.355 e. The average Bonchev–Trinajstić information content (AvgIpc) is 2.88. The van der Waals surface area contributed by atoms with Crippen LogP contribution in [0.15, 0.2) is 63.0 Å². The molecule has 0 unspecified atom stereocenters. The maximum absolute atomic E-state index is 13.9. The van der Waals surface area contributed by atoms with E-state index in [1.807, 2.05) is 0 Å². The second-order valence-electron chi connectivity index (χ2n) is 7.95. The van der Waals surface area contributed by atoms with Crippen LogP contribution in [0.2, 0.25) is 0 Å². The standard InChI is InChI=1S/C24H18F3N5O6/c1-38-16-4-2-15(3-5-16)29-22-30-23(36)32(11-14-8-13(21(34)35)9-28-20(14)33)24(37)31(22)10-12-6-17(25)19(27)18(26)7-12/h2-9H,10-11H2,1H3,(H,28,33)(H,34,35)(H,29,30,36). The number of halogens is 3. The van der Waals surface area contributed by atoms with E-state index in [0.29, 0.717) is 28.1 Å². The lowest BCUT2D eigenvalue weighted by Gasteiger charge is -2.16. The third-order valence-electron chi connectivity index (χ3n) is 5.44. The minimum atomic E-state index is -1.70. The number of ether oxygens (including phenoxy) is 1. The van der Waals surface area contributed by atoms with Gasteiger partial charge in [-0.15, -0.1) is 0 Å². The fourth-order valence-electron chi connectivity index (χ4n) is 3.53. The molecule has 196 valence electrons. The second kappa shape index (κ2) is 10.5. The van der Waals surface area contributed by atoms with Gasteiger partial charge in [-0.3, -0.25) is 9.36 Å². The van der Waals surface area contributed by atoms with E-state index >= 15 is 0 Å². The topological polar surface area (TPSA) is 148 Å². The summed E-state index contributed by atoms with van der Waals surface area (Å²) in [4.78, 5) is 55.8. The Kier molecular flexibility index (Phi) is 7.14. The molecule has 4 rings (SSSR count). The Morgan fingerprint density at radius 1 is 1.03 bits per heavy atom. The molecule has 2 aromatic heterocycles. The van der Waals surface area contributed by atoms with Crippen LogP contribution in [0.3, 0.4) is 0 Å². The van der Waals surface area contributed by atoms with Crippen LogP contribution in [-0.2, 0) is 13.1 Å². The number of aromatic amines is 1. The van der Waals surface area contributed by atoms with Crippen LogP contribution in [0.1, 0.15) is 21.5 Å². The zero-order valence-corrected chi connectivity index (χ0v) is 19.5. The minimum absolute atomic E-state index is 0.168. The predicted octanol–water partition coefficient (Wildman–Crippen LogP) is 2.06. The number of carboxylic acids is 1. The molecule has 0 bridgehead atoms. The smallest absolute Gasteiger partial charge is 0.355 e. The van der Waals surface area contributed by atoms with Crippen LogP contribution in [0.4, 0.5) is 24.8 Å². The lowest BCUT2D eigenvalue weighted by Crippen LogP contribution is -2.43.